The number of ether oxygens (including phenoxy) is 1. The molecule has 1 saturated heterocycles. The molecule has 2 atom stereocenters. The Balaban J connectivity index is 1.54. The molecule has 1 aromatic carbocycles. The minimum atomic E-state index is -0.295. The van der Waals surface area contributed by atoms with Gasteiger partial charge in [0, 0.05) is 32.2 Å². The Morgan fingerprint density at radius 1 is 1.27 bits per heavy atom. The first-order valence-electron chi connectivity index (χ1n) is 11.1. The SMILES string of the molecule is CNC(=O)COC1=Cc2cc(Nc3nc(N4CC(C)CC(C)C4)ncc3Cl)ccc2CC1=O. The van der Waals surface area contributed by atoms with Crippen LogP contribution in [-0.4, -0.2) is 48.4 Å². The topological polar surface area (TPSA) is 96.4 Å². The molecule has 1 aromatic heterocycles. The summed E-state index contributed by atoms with van der Waals surface area (Å²) in [6, 6.07) is 5.69. The van der Waals surface area contributed by atoms with Crippen molar-refractivity contribution in [2.24, 2.45) is 11.8 Å². The molecule has 8 nitrogen and oxygen atoms in total. The van der Waals surface area contributed by atoms with Gasteiger partial charge in [0.1, 0.15) is 5.02 Å². The molecule has 4 rings (SSSR count). The van der Waals surface area contributed by atoms with E-state index in [9.17, 15) is 9.59 Å². The lowest BCUT2D eigenvalue weighted by Crippen LogP contribution is -2.39. The van der Waals surface area contributed by atoms with Gasteiger partial charge >= 0.3 is 0 Å². The monoisotopic (exact) mass is 469 g/mol. The van der Waals surface area contributed by atoms with E-state index in [0.717, 1.165) is 29.9 Å². The highest BCUT2D eigenvalue weighted by molar-refractivity contribution is 6.32. The molecule has 33 heavy (non-hydrogen) atoms. The van der Waals surface area contributed by atoms with Crippen LogP contribution < -0.4 is 15.5 Å². The zero-order valence-corrected chi connectivity index (χ0v) is 19.8. The largest absolute Gasteiger partial charge is 0.480 e. The Hall–Kier alpha value is -3.13. The second-order valence-corrected chi connectivity index (χ2v) is 9.23. The number of nitrogens with one attached hydrogen (secondary N) is 2. The number of Topliss-reactive ketones (excluding diaryl/α,β-unsaturated/α-hetero) is 1. The number of hydrogen-bond donors (Lipinski definition) is 2. The summed E-state index contributed by atoms with van der Waals surface area (Å²) < 4.78 is 5.41. The van der Waals surface area contributed by atoms with Gasteiger partial charge in [-0.25, -0.2) is 4.98 Å². The molecule has 0 bridgehead atoms. The molecule has 1 amide bonds. The summed E-state index contributed by atoms with van der Waals surface area (Å²) in [5.74, 6) is 2.09. The van der Waals surface area contributed by atoms with Crippen LogP contribution in [0, 0.1) is 11.8 Å². The fourth-order valence-corrected chi connectivity index (χ4v) is 4.49. The predicted octanol–water partition coefficient (Wildman–Crippen LogP) is 3.58. The zero-order chi connectivity index (χ0) is 23.5. The molecule has 9 heteroatoms. The smallest absolute Gasteiger partial charge is 0.257 e. The van der Waals surface area contributed by atoms with E-state index in [-0.39, 0.29) is 30.5 Å². The lowest BCUT2D eigenvalue weighted by molar-refractivity contribution is -0.125. The normalized spacial score (nSPS) is 20.1. The summed E-state index contributed by atoms with van der Waals surface area (Å²) in [4.78, 5) is 35.1. The van der Waals surface area contributed by atoms with E-state index in [0.29, 0.717) is 28.6 Å². The van der Waals surface area contributed by atoms with E-state index in [2.05, 4.69) is 34.4 Å². The van der Waals surface area contributed by atoms with E-state index in [4.69, 9.17) is 21.3 Å². The quantitative estimate of drug-likeness (QED) is 0.667. The number of ketones is 1. The fraction of sp³-hybridized carbons (Fsp3) is 0.417. The van der Waals surface area contributed by atoms with Gasteiger partial charge in [-0.2, -0.15) is 4.98 Å². The van der Waals surface area contributed by atoms with Gasteiger partial charge in [-0.1, -0.05) is 31.5 Å². The summed E-state index contributed by atoms with van der Waals surface area (Å²) in [5.41, 5.74) is 2.51. The number of halogens is 1. The highest BCUT2D eigenvalue weighted by Gasteiger charge is 2.25. The summed E-state index contributed by atoms with van der Waals surface area (Å²) in [6.07, 6.45) is 4.71. The second kappa shape index (κ2) is 9.79. The molecule has 2 aromatic rings. The Bertz CT molecular complexity index is 1090. The third-order valence-corrected chi connectivity index (χ3v) is 6.12. The molecular weight excluding hydrogens is 442 g/mol. The highest BCUT2D eigenvalue weighted by atomic mass is 35.5. The van der Waals surface area contributed by atoms with E-state index < -0.39 is 0 Å². The maximum absolute atomic E-state index is 12.3. The van der Waals surface area contributed by atoms with Gasteiger partial charge < -0.3 is 20.3 Å². The number of benzene rings is 1. The molecule has 2 heterocycles. The van der Waals surface area contributed by atoms with Crippen molar-refractivity contribution in [3.63, 3.8) is 0 Å². The van der Waals surface area contributed by atoms with Crippen molar-refractivity contribution in [1.29, 1.82) is 0 Å². The van der Waals surface area contributed by atoms with Crippen LogP contribution in [0.1, 0.15) is 31.4 Å². The molecule has 2 aliphatic rings. The Morgan fingerprint density at radius 3 is 2.76 bits per heavy atom. The van der Waals surface area contributed by atoms with Crippen LogP contribution in [0.15, 0.2) is 30.2 Å². The van der Waals surface area contributed by atoms with E-state index in [1.54, 1.807) is 12.3 Å². The Kier molecular flexibility index (Phi) is 6.83. The van der Waals surface area contributed by atoms with Crippen LogP contribution in [0.2, 0.25) is 5.02 Å². The fourth-order valence-electron chi connectivity index (χ4n) is 4.35. The molecule has 1 aliphatic heterocycles. The number of piperidine rings is 1. The first-order chi connectivity index (χ1) is 15.8. The van der Waals surface area contributed by atoms with Crippen LogP contribution in [-0.2, 0) is 20.7 Å². The van der Waals surface area contributed by atoms with Crippen LogP contribution in [0.3, 0.4) is 0 Å². The second-order valence-electron chi connectivity index (χ2n) is 8.83. The average Bonchev–Trinajstić information content (AvgIpc) is 2.78. The van der Waals surface area contributed by atoms with Crippen molar-refractivity contribution in [2.75, 3.05) is 37.0 Å². The van der Waals surface area contributed by atoms with Crippen molar-refractivity contribution in [2.45, 2.75) is 26.7 Å². The van der Waals surface area contributed by atoms with Gasteiger partial charge in [-0.15, -0.1) is 0 Å². The summed E-state index contributed by atoms with van der Waals surface area (Å²) in [7, 11) is 1.52. The van der Waals surface area contributed by atoms with E-state index in [1.807, 2.05) is 18.2 Å². The molecule has 2 N–H and O–H groups in total. The zero-order valence-electron chi connectivity index (χ0n) is 19.0. The minimum Gasteiger partial charge on any atom is -0.480 e. The lowest BCUT2D eigenvalue weighted by Gasteiger charge is -2.35. The van der Waals surface area contributed by atoms with Gasteiger partial charge in [0.15, 0.2) is 18.2 Å². The summed E-state index contributed by atoms with van der Waals surface area (Å²) >= 11 is 6.39. The number of aromatic nitrogens is 2. The predicted molar refractivity (Wildman–Crippen MR) is 129 cm³/mol. The number of fused-ring (bicyclic) bond motifs is 1. The standard InChI is InChI=1S/C24H28ClN5O3/c1-14-6-15(2)12-30(11-14)24-27-10-19(25)23(29-24)28-18-5-4-16-8-20(31)21(9-17(16)7-18)33-13-22(32)26-3/h4-5,7,9-10,14-15H,6,8,11-13H2,1-3H3,(H,26,32)(H,27,28,29). The average molecular weight is 470 g/mol. The molecule has 2 unspecified atom stereocenters. The number of amides is 1. The Labute approximate surface area is 198 Å². The summed E-state index contributed by atoms with van der Waals surface area (Å²) in [6.45, 7) is 6.13. The van der Waals surface area contributed by atoms with Crippen molar-refractivity contribution >= 4 is 46.8 Å². The number of hydrogen-bond acceptors (Lipinski definition) is 7. The molecule has 0 radical (unpaired) electrons. The van der Waals surface area contributed by atoms with Crippen LogP contribution >= 0.6 is 11.6 Å². The highest BCUT2D eigenvalue weighted by Crippen LogP contribution is 2.30. The molecule has 1 aliphatic carbocycles. The third-order valence-electron chi connectivity index (χ3n) is 5.84. The number of likely N-dealkylation sites (N-methyl/N-ethyl adjacent to an activating group) is 1. The van der Waals surface area contributed by atoms with Crippen LogP contribution in [0.25, 0.3) is 6.08 Å². The summed E-state index contributed by atoms with van der Waals surface area (Å²) in [5, 5.41) is 6.18. The van der Waals surface area contributed by atoms with E-state index in [1.165, 1.54) is 13.5 Å². The molecule has 0 spiro atoms. The lowest BCUT2D eigenvalue weighted by atomic mass is 9.92. The van der Waals surface area contributed by atoms with Gasteiger partial charge in [0.05, 0.1) is 6.20 Å². The van der Waals surface area contributed by atoms with Crippen molar-refractivity contribution in [1.82, 2.24) is 15.3 Å². The number of nitrogens with zero attached hydrogens (tertiary/aromatic N) is 3. The van der Waals surface area contributed by atoms with Crippen molar-refractivity contribution in [3.8, 4) is 0 Å². The number of carbonyl (C=O) groups is 2. The third kappa shape index (κ3) is 5.45. The first kappa shape index (κ1) is 23.0. The van der Waals surface area contributed by atoms with Crippen LogP contribution in [0.4, 0.5) is 17.5 Å². The molecular formula is C24H28ClN5O3. The first-order valence-corrected chi connectivity index (χ1v) is 11.5. The number of rotatable bonds is 6. The molecule has 1 fully saturated rings. The maximum atomic E-state index is 12.3. The van der Waals surface area contributed by atoms with Gasteiger partial charge in [-0.05, 0) is 47.6 Å². The van der Waals surface area contributed by atoms with Gasteiger partial charge in [0.2, 0.25) is 11.7 Å². The van der Waals surface area contributed by atoms with Crippen molar-refractivity contribution < 1.29 is 14.3 Å². The molecule has 0 saturated carbocycles. The van der Waals surface area contributed by atoms with Crippen molar-refractivity contribution in [3.05, 3.63) is 46.3 Å². The van der Waals surface area contributed by atoms with Crippen LogP contribution in [0.5, 0.6) is 0 Å². The maximum Gasteiger partial charge on any atom is 0.257 e. The molecule has 174 valence electrons. The van der Waals surface area contributed by atoms with Gasteiger partial charge in [0.25, 0.3) is 5.91 Å². The van der Waals surface area contributed by atoms with E-state index >= 15 is 0 Å². The van der Waals surface area contributed by atoms with Gasteiger partial charge in [-0.3, -0.25) is 9.59 Å². The number of allylic oxidation sites excluding steroid dienone is 1. The minimum absolute atomic E-state index is 0.152. The Morgan fingerprint density at radius 2 is 2.03 bits per heavy atom. The number of anilines is 3. The number of carbonyl (C=O) groups excluding carboxylic acids is 2.